The van der Waals surface area contributed by atoms with E-state index in [9.17, 15) is 18.5 Å². The quantitative estimate of drug-likeness (QED) is 0.364. The van der Waals surface area contributed by atoms with Gasteiger partial charge in [0.2, 0.25) is 0 Å². The molecule has 2 aromatic carbocycles. The summed E-state index contributed by atoms with van der Waals surface area (Å²) >= 11 is 5.71. The number of hydrogen-bond acceptors (Lipinski definition) is 5. The highest BCUT2D eigenvalue weighted by Gasteiger charge is 2.19. The molecule has 8 heteroatoms. The zero-order valence-electron chi connectivity index (χ0n) is 10.6. The number of nitro groups is 1. The summed E-state index contributed by atoms with van der Waals surface area (Å²) in [6.45, 7) is 0. The first kappa shape index (κ1) is 15.3. The third kappa shape index (κ3) is 3.50. The van der Waals surface area contributed by atoms with E-state index >= 15 is 0 Å². The van der Waals surface area contributed by atoms with E-state index in [-0.39, 0.29) is 22.2 Å². The lowest BCUT2D eigenvalue weighted by atomic mass is 10.2. The van der Waals surface area contributed by atoms with E-state index in [2.05, 4.69) is 0 Å². The van der Waals surface area contributed by atoms with Gasteiger partial charge in [-0.25, -0.2) is 0 Å². The molecule has 6 nitrogen and oxygen atoms in total. The fourth-order valence-corrected chi connectivity index (χ4v) is 2.78. The molecule has 0 aromatic heterocycles. The van der Waals surface area contributed by atoms with Gasteiger partial charge in [-0.1, -0.05) is 18.2 Å². The van der Waals surface area contributed by atoms with E-state index in [1.807, 2.05) is 0 Å². The van der Waals surface area contributed by atoms with Crippen molar-refractivity contribution in [3.63, 3.8) is 0 Å². The highest BCUT2D eigenvalue weighted by Crippen LogP contribution is 2.25. The zero-order valence-corrected chi connectivity index (χ0v) is 12.2. The molecule has 0 aliphatic rings. The zero-order chi connectivity index (χ0) is 15.5. The minimum Gasteiger partial charge on any atom is -0.379 e. The molecule has 0 spiro atoms. The Morgan fingerprint density at radius 3 is 2.29 bits per heavy atom. The van der Waals surface area contributed by atoms with Gasteiger partial charge in [0.05, 0.1) is 10.8 Å². The Kier molecular flexibility index (Phi) is 4.44. The number of nitro benzene ring substituents is 1. The van der Waals surface area contributed by atoms with Gasteiger partial charge in [0.25, 0.3) is 5.69 Å². The molecule has 0 aliphatic carbocycles. The van der Waals surface area contributed by atoms with Crippen molar-refractivity contribution in [1.82, 2.24) is 0 Å². The maximum atomic E-state index is 12.1. The van der Waals surface area contributed by atoms with Crippen LogP contribution in [0, 0.1) is 10.1 Å². The standard InChI is InChI=1S/C13H10ClNO5S/c14-9-10-3-1-2-4-13(10)20-21(18,19)12-7-5-11(6-8-12)15(16)17/h1-8H,9H2. The predicted molar refractivity (Wildman–Crippen MR) is 76.9 cm³/mol. The van der Waals surface area contributed by atoms with Crippen molar-refractivity contribution in [2.45, 2.75) is 10.8 Å². The first-order valence-corrected chi connectivity index (χ1v) is 7.71. The van der Waals surface area contributed by atoms with E-state index in [0.717, 1.165) is 24.3 Å². The van der Waals surface area contributed by atoms with Crippen molar-refractivity contribution in [3.8, 4) is 5.75 Å². The number of halogens is 1. The molecule has 0 unspecified atom stereocenters. The van der Waals surface area contributed by atoms with Gasteiger partial charge in [0.1, 0.15) is 10.6 Å². The Morgan fingerprint density at radius 1 is 1.10 bits per heavy atom. The number of rotatable bonds is 5. The number of nitrogens with zero attached hydrogens (tertiary/aromatic N) is 1. The van der Waals surface area contributed by atoms with Gasteiger partial charge in [-0.2, -0.15) is 8.42 Å². The van der Waals surface area contributed by atoms with Crippen LogP contribution in [0.25, 0.3) is 0 Å². The molecule has 0 atom stereocenters. The van der Waals surface area contributed by atoms with Crippen LogP contribution in [0.15, 0.2) is 53.4 Å². The van der Waals surface area contributed by atoms with E-state index < -0.39 is 15.0 Å². The summed E-state index contributed by atoms with van der Waals surface area (Å²) in [4.78, 5) is 9.77. The van der Waals surface area contributed by atoms with Gasteiger partial charge in [0, 0.05) is 17.7 Å². The van der Waals surface area contributed by atoms with Crippen LogP contribution >= 0.6 is 11.6 Å². The van der Waals surface area contributed by atoms with Crippen molar-refractivity contribution in [3.05, 3.63) is 64.2 Å². The van der Waals surface area contributed by atoms with Crippen molar-refractivity contribution < 1.29 is 17.5 Å². The second-order valence-electron chi connectivity index (χ2n) is 4.03. The van der Waals surface area contributed by atoms with Crippen LogP contribution in [-0.2, 0) is 16.0 Å². The average Bonchev–Trinajstić information content (AvgIpc) is 2.47. The Morgan fingerprint density at radius 2 is 1.71 bits per heavy atom. The molecule has 0 amide bonds. The molecule has 2 aromatic rings. The minimum atomic E-state index is -4.07. The highest BCUT2D eigenvalue weighted by atomic mass is 35.5. The molecule has 0 saturated heterocycles. The van der Waals surface area contributed by atoms with Crippen molar-refractivity contribution in [1.29, 1.82) is 0 Å². The van der Waals surface area contributed by atoms with Crippen LogP contribution in [0.5, 0.6) is 5.75 Å². The molecular formula is C13H10ClNO5S. The topological polar surface area (TPSA) is 86.5 Å². The minimum absolute atomic E-state index is 0.103. The first-order chi connectivity index (χ1) is 9.94. The molecular weight excluding hydrogens is 318 g/mol. The Balaban J connectivity index is 2.32. The lowest BCUT2D eigenvalue weighted by Gasteiger charge is -2.09. The molecule has 110 valence electrons. The van der Waals surface area contributed by atoms with Crippen molar-refractivity contribution >= 4 is 27.4 Å². The lowest BCUT2D eigenvalue weighted by Crippen LogP contribution is -2.10. The van der Waals surface area contributed by atoms with Crippen LogP contribution in [-0.4, -0.2) is 13.3 Å². The monoisotopic (exact) mass is 327 g/mol. The average molecular weight is 328 g/mol. The molecule has 0 N–H and O–H groups in total. The smallest absolute Gasteiger partial charge is 0.339 e. The summed E-state index contributed by atoms with van der Waals surface area (Å²) in [7, 11) is -4.07. The Bertz CT molecular complexity index is 758. The van der Waals surface area contributed by atoms with E-state index in [1.54, 1.807) is 18.2 Å². The third-order valence-corrected chi connectivity index (χ3v) is 4.19. The van der Waals surface area contributed by atoms with E-state index in [1.165, 1.54) is 6.07 Å². The lowest BCUT2D eigenvalue weighted by molar-refractivity contribution is -0.384. The molecule has 2 rings (SSSR count). The second-order valence-corrected chi connectivity index (χ2v) is 5.84. The van der Waals surface area contributed by atoms with Gasteiger partial charge < -0.3 is 4.18 Å². The SMILES string of the molecule is O=[N+]([O-])c1ccc(S(=O)(=O)Oc2ccccc2CCl)cc1. The fraction of sp³-hybridized carbons (Fsp3) is 0.0769. The van der Waals surface area contributed by atoms with E-state index in [4.69, 9.17) is 15.8 Å². The molecule has 21 heavy (non-hydrogen) atoms. The summed E-state index contributed by atoms with van der Waals surface area (Å²) in [5.41, 5.74) is 0.333. The number of alkyl halides is 1. The van der Waals surface area contributed by atoms with Crippen LogP contribution < -0.4 is 4.18 Å². The summed E-state index contributed by atoms with van der Waals surface area (Å²) < 4.78 is 29.3. The van der Waals surface area contributed by atoms with Crippen LogP contribution in [0.3, 0.4) is 0 Å². The number of hydrogen-bond donors (Lipinski definition) is 0. The maximum absolute atomic E-state index is 12.1. The summed E-state index contributed by atoms with van der Waals surface area (Å²) in [5, 5.41) is 10.5. The third-order valence-electron chi connectivity index (χ3n) is 2.65. The molecule has 0 saturated carbocycles. The maximum Gasteiger partial charge on any atom is 0.339 e. The molecule has 0 radical (unpaired) electrons. The fourth-order valence-electron chi connectivity index (χ4n) is 1.60. The molecule has 0 bridgehead atoms. The van der Waals surface area contributed by atoms with Crippen LogP contribution in [0.1, 0.15) is 5.56 Å². The van der Waals surface area contributed by atoms with Crippen LogP contribution in [0.2, 0.25) is 0 Å². The summed E-state index contributed by atoms with van der Waals surface area (Å²) in [6.07, 6.45) is 0. The van der Waals surface area contributed by atoms with Gasteiger partial charge in [-0.3, -0.25) is 10.1 Å². The Labute approximate surface area is 126 Å². The van der Waals surface area contributed by atoms with Crippen molar-refractivity contribution in [2.75, 3.05) is 0 Å². The van der Waals surface area contributed by atoms with Crippen LogP contribution in [0.4, 0.5) is 5.69 Å². The van der Waals surface area contributed by atoms with Crippen molar-refractivity contribution in [2.24, 2.45) is 0 Å². The molecule has 0 fully saturated rings. The normalized spacial score (nSPS) is 11.1. The number of para-hydroxylation sites is 1. The van der Waals surface area contributed by atoms with Gasteiger partial charge in [-0.15, -0.1) is 11.6 Å². The van der Waals surface area contributed by atoms with Gasteiger partial charge >= 0.3 is 10.1 Å². The first-order valence-electron chi connectivity index (χ1n) is 5.77. The largest absolute Gasteiger partial charge is 0.379 e. The molecule has 0 heterocycles. The van der Waals surface area contributed by atoms with E-state index in [0.29, 0.717) is 5.56 Å². The highest BCUT2D eigenvalue weighted by molar-refractivity contribution is 7.87. The summed E-state index contributed by atoms with van der Waals surface area (Å²) in [5.74, 6) is 0.234. The predicted octanol–water partition coefficient (Wildman–Crippen LogP) is 3.10. The number of benzene rings is 2. The Hall–Kier alpha value is -2.12. The summed E-state index contributed by atoms with van der Waals surface area (Å²) in [6, 6.07) is 10.9. The van der Waals surface area contributed by atoms with Gasteiger partial charge in [-0.05, 0) is 18.2 Å². The molecule has 0 aliphatic heterocycles. The number of non-ortho nitro benzene ring substituents is 1. The second kappa shape index (κ2) is 6.11. The van der Waals surface area contributed by atoms with Gasteiger partial charge in [0.15, 0.2) is 0 Å².